The van der Waals surface area contributed by atoms with Gasteiger partial charge in [-0.15, -0.1) is 11.8 Å². The van der Waals surface area contributed by atoms with E-state index in [1.54, 1.807) is 29.6 Å². The van der Waals surface area contributed by atoms with Crippen molar-refractivity contribution in [1.29, 1.82) is 0 Å². The Morgan fingerprint density at radius 3 is 2.76 bits per heavy atom. The molecule has 0 unspecified atom stereocenters. The molecule has 0 amide bonds. The molecule has 7 heteroatoms. The van der Waals surface area contributed by atoms with Gasteiger partial charge in [0.25, 0.3) is 0 Å². The summed E-state index contributed by atoms with van der Waals surface area (Å²) in [6.07, 6.45) is 2.77. The van der Waals surface area contributed by atoms with Gasteiger partial charge in [-0.2, -0.15) is 5.10 Å². The predicted octanol–water partition coefficient (Wildman–Crippen LogP) is 1.40. The van der Waals surface area contributed by atoms with Crippen molar-refractivity contribution in [2.45, 2.75) is 31.7 Å². The molecule has 0 aliphatic heterocycles. The van der Waals surface area contributed by atoms with E-state index >= 15 is 0 Å². The Balaban J connectivity index is 2.64. The first-order valence-corrected chi connectivity index (χ1v) is 8.45. The molecule has 0 bridgehead atoms. The van der Waals surface area contributed by atoms with Crippen LogP contribution in [0.5, 0.6) is 0 Å². The second kappa shape index (κ2) is 6.30. The van der Waals surface area contributed by atoms with Gasteiger partial charge in [-0.1, -0.05) is 13.8 Å². The summed E-state index contributed by atoms with van der Waals surface area (Å²) in [5, 5.41) is 4.11. The van der Waals surface area contributed by atoms with E-state index in [0.717, 1.165) is 17.1 Å². The number of nitrogen functional groups attached to an aromatic ring is 1. The molecule has 0 aliphatic rings. The van der Waals surface area contributed by atoms with Crippen molar-refractivity contribution in [2.24, 2.45) is 0 Å². The topological polar surface area (TPSA) is 78.0 Å². The van der Waals surface area contributed by atoms with Gasteiger partial charge in [-0.05, 0) is 12.2 Å². The predicted molar refractivity (Wildman–Crippen MR) is 72.0 cm³/mol. The van der Waals surface area contributed by atoms with Gasteiger partial charge in [0.05, 0.1) is 23.4 Å². The number of sulfone groups is 1. The third-order valence-electron chi connectivity index (χ3n) is 2.36. The minimum Gasteiger partial charge on any atom is -0.383 e. The fourth-order valence-corrected chi connectivity index (χ4v) is 2.79. The third-order valence-corrected chi connectivity index (χ3v) is 5.28. The lowest BCUT2D eigenvalue weighted by Crippen LogP contribution is -2.16. The smallest absolute Gasteiger partial charge is 0.151 e. The molecule has 0 aromatic carbocycles. The highest BCUT2D eigenvalue weighted by Crippen LogP contribution is 2.24. The maximum absolute atomic E-state index is 11.4. The Hall–Kier alpha value is -0.690. The fraction of sp³-hybridized carbons (Fsp3) is 0.700. The van der Waals surface area contributed by atoms with Crippen LogP contribution >= 0.6 is 11.8 Å². The number of aromatic nitrogens is 2. The molecule has 98 valence electrons. The molecule has 0 spiro atoms. The van der Waals surface area contributed by atoms with Gasteiger partial charge < -0.3 is 5.73 Å². The molecule has 5 nitrogen and oxygen atoms in total. The lowest BCUT2D eigenvalue weighted by Gasteiger charge is -2.05. The van der Waals surface area contributed by atoms with Gasteiger partial charge in [0.2, 0.25) is 0 Å². The largest absolute Gasteiger partial charge is 0.383 e. The Labute approximate surface area is 107 Å². The summed E-state index contributed by atoms with van der Waals surface area (Å²) < 4.78 is 24.3. The average Bonchev–Trinajstić information content (AvgIpc) is 2.65. The summed E-state index contributed by atoms with van der Waals surface area (Å²) in [4.78, 5) is 0.931. The molecule has 0 fully saturated rings. The molecule has 1 heterocycles. The van der Waals surface area contributed by atoms with Crippen LogP contribution in [-0.2, 0) is 16.4 Å². The molecule has 2 N–H and O–H groups in total. The van der Waals surface area contributed by atoms with Gasteiger partial charge in [0.15, 0.2) is 9.84 Å². The minimum absolute atomic E-state index is 0.0905. The van der Waals surface area contributed by atoms with Crippen LogP contribution in [-0.4, -0.2) is 35.5 Å². The zero-order valence-electron chi connectivity index (χ0n) is 10.2. The lowest BCUT2D eigenvalue weighted by atomic mass is 10.6. The van der Waals surface area contributed by atoms with Crippen molar-refractivity contribution >= 4 is 27.4 Å². The normalized spacial score (nSPS) is 11.9. The number of hydrogen-bond donors (Lipinski definition) is 1. The first-order chi connectivity index (χ1) is 8.00. The van der Waals surface area contributed by atoms with E-state index in [0.29, 0.717) is 12.4 Å². The average molecular weight is 277 g/mol. The quantitative estimate of drug-likeness (QED) is 0.762. The van der Waals surface area contributed by atoms with Gasteiger partial charge in [0.1, 0.15) is 5.82 Å². The van der Waals surface area contributed by atoms with E-state index in [1.807, 2.05) is 0 Å². The number of aryl methyl sites for hydroxylation is 1. The standard InChI is InChI=1S/C10H19N3O2S2/c1-3-6-16-9-8-12-13(10(9)11)5-7-17(14,15)4-2/h8H,3-7,11H2,1-2H3. The van der Waals surface area contributed by atoms with Crippen LogP contribution in [0.3, 0.4) is 0 Å². The molecule has 0 saturated carbocycles. The summed E-state index contributed by atoms with van der Waals surface area (Å²) in [6, 6.07) is 0. The lowest BCUT2D eigenvalue weighted by molar-refractivity contribution is 0.583. The zero-order valence-corrected chi connectivity index (χ0v) is 11.9. The van der Waals surface area contributed by atoms with Crippen LogP contribution in [0.2, 0.25) is 0 Å². The van der Waals surface area contributed by atoms with Crippen LogP contribution in [0, 0.1) is 0 Å². The summed E-state index contributed by atoms with van der Waals surface area (Å²) in [7, 11) is -2.97. The third kappa shape index (κ3) is 4.23. The van der Waals surface area contributed by atoms with Crippen molar-refractivity contribution in [3.8, 4) is 0 Å². The number of hydrogen-bond acceptors (Lipinski definition) is 5. The van der Waals surface area contributed by atoms with Crippen LogP contribution in [0.1, 0.15) is 20.3 Å². The van der Waals surface area contributed by atoms with E-state index < -0.39 is 9.84 Å². The Bertz CT molecular complexity index is 454. The number of thioether (sulfide) groups is 1. The molecule has 0 saturated heterocycles. The van der Waals surface area contributed by atoms with E-state index in [2.05, 4.69) is 12.0 Å². The van der Waals surface area contributed by atoms with Crippen molar-refractivity contribution in [3.63, 3.8) is 0 Å². The Morgan fingerprint density at radius 2 is 2.18 bits per heavy atom. The maximum Gasteiger partial charge on any atom is 0.151 e. The molecule has 0 atom stereocenters. The van der Waals surface area contributed by atoms with Gasteiger partial charge >= 0.3 is 0 Å². The first kappa shape index (κ1) is 14.4. The number of rotatable bonds is 7. The minimum atomic E-state index is -2.97. The summed E-state index contributed by atoms with van der Waals surface area (Å²) in [5.41, 5.74) is 5.90. The van der Waals surface area contributed by atoms with Crippen molar-refractivity contribution < 1.29 is 8.42 Å². The monoisotopic (exact) mass is 277 g/mol. The van der Waals surface area contributed by atoms with Crippen LogP contribution in [0.25, 0.3) is 0 Å². The molecule has 17 heavy (non-hydrogen) atoms. The highest BCUT2D eigenvalue weighted by molar-refractivity contribution is 7.99. The van der Waals surface area contributed by atoms with Crippen LogP contribution in [0.4, 0.5) is 5.82 Å². The first-order valence-electron chi connectivity index (χ1n) is 5.64. The number of anilines is 1. The maximum atomic E-state index is 11.4. The molecule has 1 rings (SSSR count). The highest BCUT2D eigenvalue weighted by Gasteiger charge is 2.11. The summed E-state index contributed by atoms with van der Waals surface area (Å²) in [6.45, 7) is 4.07. The SMILES string of the molecule is CCCSc1cnn(CCS(=O)(=O)CC)c1N. The Morgan fingerprint density at radius 1 is 1.47 bits per heavy atom. The molecule has 0 radical (unpaired) electrons. The second-order valence-corrected chi connectivity index (χ2v) is 7.31. The molecule has 1 aromatic heterocycles. The Kier molecular flexibility index (Phi) is 5.32. The summed E-state index contributed by atoms with van der Waals surface area (Å²) >= 11 is 1.65. The van der Waals surface area contributed by atoms with Crippen molar-refractivity contribution in [2.75, 3.05) is 23.0 Å². The van der Waals surface area contributed by atoms with Gasteiger partial charge in [-0.25, -0.2) is 13.1 Å². The van der Waals surface area contributed by atoms with E-state index in [1.165, 1.54) is 0 Å². The second-order valence-electron chi connectivity index (χ2n) is 3.70. The molecular weight excluding hydrogens is 258 g/mol. The zero-order chi connectivity index (χ0) is 12.9. The number of nitrogens with two attached hydrogens (primary N) is 1. The van der Waals surface area contributed by atoms with E-state index in [-0.39, 0.29) is 11.5 Å². The number of nitrogens with zero attached hydrogens (tertiary/aromatic N) is 2. The van der Waals surface area contributed by atoms with E-state index in [9.17, 15) is 8.42 Å². The van der Waals surface area contributed by atoms with E-state index in [4.69, 9.17) is 5.73 Å². The van der Waals surface area contributed by atoms with Crippen molar-refractivity contribution in [1.82, 2.24) is 9.78 Å². The van der Waals surface area contributed by atoms with Crippen molar-refractivity contribution in [3.05, 3.63) is 6.20 Å². The molecule has 0 aliphatic carbocycles. The van der Waals surface area contributed by atoms with Gasteiger partial charge in [-0.3, -0.25) is 0 Å². The van der Waals surface area contributed by atoms with Gasteiger partial charge in [0, 0.05) is 5.75 Å². The van der Waals surface area contributed by atoms with Crippen LogP contribution in [0.15, 0.2) is 11.1 Å². The fourth-order valence-electron chi connectivity index (χ4n) is 1.25. The van der Waals surface area contributed by atoms with Crippen LogP contribution < -0.4 is 5.73 Å². The molecular formula is C10H19N3O2S2. The summed E-state index contributed by atoms with van der Waals surface area (Å²) in [5.74, 6) is 1.80. The molecule has 1 aromatic rings. The highest BCUT2D eigenvalue weighted by atomic mass is 32.2.